The van der Waals surface area contributed by atoms with Crippen LogP contribution in [0.2, 0.25) is 0 Å². The molecule has 2 N–H and O–H groups in total. The number of carboxylic acid groups (broad SMARTS) is 1. The Morgan fingerprint density at radius 2 is 2.28 bits per heavy atom. The maximum Gasteiger partial charge on any atom is 0.336 e. The number of hydrogen-bond donors (Lipinski definition) is 2. The van der Waals surface area contributed by atoms with Gasteiger partial charge in [0.05, 0.1) is 16.0 Å². The summed E-state index contributed by atoms with van der Waals surface area (Å²) in [6.07, 6.45) is 5.63. The van der Waals surface area contributed by atoms with Crippen molar-refractivity contribution in [2.45, 2.75) is 51.0 Å². The van der Waals surface area contributed by atoms with Crippen LogP contribution in [-0.2, 0) is 5.60 Å². The van der Waals surface area contributed by atoms with Crippen molar-refractivity contribution in [3.8, 4) is 0 Å². The Morgan fingerprint density at radius 3 is 2.94 bits per heavy atom. The summed E-state index contributed by atoms with van der Waals surface area (Å²) >= 11 is 1.37. The van der Waals surface area contributed by atoms with Gasteiger partial charge in [0, 0.05) is 0 Å². The van der Waals surface area contributed by atoms with E-state index in [9.17, 15) is 9.90 Å². The third kappa shape index (κ3) is 2.59. The highest BCUT2D eigenvalue weighted by Gasteiger charge is 2.36. The zero-order chi connectivity index (χ0) is 13.2. The molecule has 3 nitrogen and oxygen atoms in total. The molecule has 1 aromatic heterocycles. The lowest BCUT2D eigenvalue weighted by Gasteiger charge is -2.26. The molecule has 2 atom stereocenters. The molecule has 2 unspecified atom stereocenters. The van der Waals surface area contributed by atoms with E-state index in [-0.39, 0.29) is 5.56 Å². The Kier molecular flexibility index (Phi) is 4.07. The Hall–Kier alpha value is -0.870. The molecule has 0 amide bonds. The highest BCUT2D eigenvalue weighted by Crippen LogP contribution is 2.42. The SMILES string of the molecule is CCC1CCCC(O)(c2sccc2C(=O)O)CC1. The van der Waals surface area contributed by atoms with E-state index >= 15 is 0 Å². The minimum atomic E-state index is -0.934. The molecule has 1 aliphatic rings. The quantitative estimate of drug-likeness (QED) is 0.823. The Bertz CT molecular complexity index is 426. The summed E-state index contributed by atoms with van der Waals surface area (Å²) in [6, 6.07) is 1.60. The van der Waals surface area contributed by atoms with Crippen molar-refractivity contribution >= 4 is 17.3 Å². The molecule has 100 valence electrons. The van der Waals surface area contributed by atoms with Gasteiger partial charge in [0.15, 0.2) is 0 Å². The lowest BCUT2D eigenvalue weighted by atomic mass is 9.89. The van der Waals surface area contributed by atoms with Crippen LogP contribution in [0, 0.1) is 5.92 Å². The smallest absolute Gasteiger partial charge is 0.336 e. The van der Waals surface area contributed by atoms with Crippen molar-refractivity contribution in [1.29, 1.82) is 0 Å². The van der Waals surface area contributed by atoms with Crippen molar-refractivity contribution < 1.29 is 15.0 Å². The van der Waals surface area contributed by atoms with E-state index < -0.39 is 11.6 Å². The number of thiophene rings is 1. The van der Waals surface area contributed by atoms with Crippen LogP contribution in [-0.4, -0.2) is 16.2 Å². The first-order valence-corrected chi connectivity index (χ1v) is 7.48. The molecule has 1 aromatic rings. The molecule has 4 heteroatoms. The van der Waals surface area contributed by atoms with E-state index in [0.717, 1.165) is 25.7 Å². The Morgan fingerprint density at radius 1 is 1.50 bits per heavy atom. The summed E-state index contributed by atoms with van der Waals surface area (Å²) in [5.41, 5.74) is -0.649. The molecule has 0 aromatic carbocycles. The predicted octanol–water partition coefficient (Wildman–Crippen LogP) is 3.62. The lowest BCUT2D eigenvalue weighted by molar-refractivity contribution is 0.0214. The molecule has 18 heavy (non-hydrogen) atoms. The third-order valence-corrected chi connectivity index (χ3v) is 5.17. The fourth-order valence-electron chi connectivity index (χ4n) is 2.87. The lowest BCUT2D eigenvalue weighted by Crippen LogP contribution is -2.25. The van der Waals surface area contributed by atoms with E-state index in [0.29, 0.717) is 23.6 Å². The van der Waals surface area contributed by atoms with Gasteiger partial charge in [0.1, 0.15) is 0 Å². The van der Waals surface area contributed by atoms with Crippen LogP contribution in [0.5, 0.6) is 0 Å². The maximum atomic E-state index is 11.2. The monoisotopic (exact) mass is 268 g/mol. The summed E-state index contributed by atoms with van der Waals surface area (Å²) < 4.78 is 0. The van der Waals surface area contributed by atoms with Gasteiger partial charge in [-0.2, -0.15) is 0 Å². The molecule has 0 bridgehead atoms. The largest absolute Gasteiger partial charge is 0.478 e. The van der Waals surface area contributed by atoms with Gasteiger partial charge < -0.3 is 10.2 Å². The Balaban J connectivity index is 2.24. The first-order valence-electron chi connectivity index (χ1n) is 6.60. The van der Waals surface area contributed by atoms with Crippen LogP contribution in [0.15, 0.2) is 11.4 Å². The summed E-state index contributed by atoms with van der Waals surface area (Å²) in [7, 11) is 0. The van der Waals surface area contributed by atoms with Crippen LogP contribution in [0.4, 0.5) is 0 Å². The number of rotatable bonds is 3. The van der Waals surface area contributed by atoms with Gasteiger partial charge in [-0.3, -0.25) is 0 Å². The summed E-state index contributed by atoms with van der Waals surface area (Å²) in [5.74, 6) is -0.261. The van der Waals surface area contributed by atoms with Crippen LogP contribution in [0.3, 0.4) is 0 Å². The molecule has 0 radical (unpaired) electrons. The predicted molar refractivity (Wildman–Crippen MR) is 72.0 cm³/mol. The second kappa shape index (κ2) is 5.41. The zero-order valence-electron chi connectivity index (χ0n) is 10.7. The Labute approximate surface area is 111 Å². The normalized spacial score (nSPS) is 28.9. The van der Waals surface area contributed by atoms with E-state index in [1.165, 1.54) is 11.3 Å². The average Bonchev–Trinajstić information content (AvgIpc) is 2.76. The molecule has 2 rings (SSSR count). The molecule has 0 spiro atoms. The summed E-state index contributed by atoms with van der Waals surface area (Å²) in [6.45, 7) is 2.18. The second-order valence-electron chi connectivity index (χ2n) is 5.21. The zero-order valence-corrected chi connectivity index (χ0v) is 11.5. The molecule has 0 aliphatic heterocycles. The van der Waals surface area contributed by atoms with Gasteiger partial charge in [-0.1, -0.05) is 19.8 Å². The summed E-state index contributed by atoms with van der Waals surface area (Å²) in [5, 5.41) is 21.7. The highest BCUT2D eigenvalue weighted by atomic mass is 32.1. The van der Waals surface area contributed by atoms with Crippen LogP contribution in [0.25, 0.3) is 0 Å². The van der Waals surface area contributed by atoms with Crippen LogP contribution in [0.1, 0.15) is 60.7 Å². The molecule has 1 saturated carbocycles. The molecule has 1 aliphatic carbocycles. The van der Waals surface area contributed by atoms with E-state index in [1.54, 1.807) is 11.4 Å². The average molecular weight is 268 g/mol. The minimum absolute atomic E-state index is 0.275. The maximum absolute atomic E-state index is 11.2. The minimum Gasteiger partial charge on any atom is -0.478 e. The van der Waals surface area contributed by atoms with Gasteiger partial charge in [-0.05, 0) is 43.0 Å². The number of hydrogen-bond acceptors (Lipinski definition) is 3. The number of aliphatic hydroxyl groups is 1. The van der Waals surface area contributed by atoms with E-state index in [1.807, 2.05) is 0 Å². The van der Waals surface area contributed by atoms with Gasteiger partial charge in [-0.25, -0.2) is 4.79 Å². The van der Waals surface area contributed by atoms with Crippen molar-refractivity contribution in [1.82, 2.24) is 0 Å². The van der Waals surface area contributed by atoms with Gasteiger partial charge >= 0.3 is 5.97 Å². The van der Waals surface area contributed by atoms with Crippen molar-refractivity contribution in [2.24, 2.45) is 5.92 Å². The van der Waals surface area contributed by atoms with E-state index in [4.69, 9.17) is 5.11 Å². The number of aromatic carboxylic acids is 1. The second-order valence-corrected chi connectivity index (χ2v) is 6.12. The van der Waals surface area contributed by atoms with Crippen molar-refractivity contribution in [2.75, 3.05) is 0 Å². The molecule has 0 saturated heterocycles. The number of carbonyl (C=O) groups is 1. The topological polar surface area (TPSA) is 57.5 Å². The molecule has 1 heterocycles. The fourth-order valence-corrected chi connectivity index (χ4v) is 3.91. The standard InChI is InChI=1S/C14H20O3S/c1-2-10-4-3-7-14(17,8-5-10)12-11(13(15)16)6-9-18-12/h6,9-10,17H,2-5,7-8H2,1H3,(H,15,16). The van der Waals surface area contributed by atoms with Crippen molar-refractivity contribution in [3.63, 3.8) is 0 Å². The molecule has 1 fully saturated rings. The van der Waals surface area contributed by atoms with Gasteiger partial charge in [0.2, 0.25) is 0 Å². The fraction of sp³-hybridized carbons (Fsp3) is 0.643. The van der Waals surface area contributed by atoms with E-state index in [2.05, 4.69) is 6.92 Å². The third-order valence-electron chi connectivity index (χ3n) is 4.06. The van der Waals surface area contributed by atoms with Gasteiger partial charge in [-0.15, -0.1) is 11.3 Å². The molecular formula is C14H20O3S. The first-order chi connectivity index (χ1) is 8.57. The van der Waals surface area contributed by atoms with Crippen LogP contribution < -0.4 is 0 Å². The highest BCUT2D eigenvalue weighted by molar-refractivity contribution is 7.10. The van der Waals surface area contributed by atoms with Crippen molar-refractivity contribution in [3.05, 3.63) is 21.9 Å². The molecular weight excluding hydrogens is 248 g/mol. The van der Waals surface area contributed by atoms with Gasteiger partial charge in [0.25, 0.3) is 0 Å². The first kappa shape index (κ1) is 13.6. The number of carboxylic acids is 1. The van der Waals surface area contributed by atoms with Crippen LogP contribution >= 0.6 is 11.3 Å². The summed E-state index contributed by atoms with van der Waals surface area (Å²) in [4.78, 5) is 11.8.